The summed E-state index contributed by atoms with van der Waals surface area (Å²) in [6.07, 6.45) is 2.33. The van der Waals surface area contributed by atoms with Crippen LogP contribution in [0.25, 0.3) is 0 Å². The Morgan fingerprint density at radius 3 is 2.78 bits per heavy atom. The minimum atomic E-state index is -0.211. The summed E-state index contributed by atoms with van der Waals surface area (Å²) >= 11 is 0. The molecule has 1 saturated heterocycles. The molecule has 0 bridgehead atoms. The molecule has 1 unspecified atom stereocenters. The van der Waals surface area contributed by atoms with Gasteiger partial charge in [0.15, 0.2) is 0 Å². The fourth-order valence-corrected chi connectivity index (χ4v) is 2.85. The molecule has 1 N–H and O–H groups in total. The van der Waals surface area contributed by atoms with E-state index < -0.39 is 0 Å². The molecule has 3 rings (SSSR count). The first-order valence-electron chi connectivity index (χ1n) is 8.13. The summed E-state index contributed by atoms with van der Waals surface area (Å²) in [5, 5.41) is 11.1. The van der Waals surface area contributed by atoms with Gasteiger partial charge >= 0.3 is 0 Å². The van der Waals surface area contributed by atoms with Crippen molar-refractivity contribution in [2.24, 2.45) is 0 Å². The van der Waals surface area contributed by atoms with Gasteiger partial charge < -0.3 is 9.73 Å². The Kier molecular flexibility index (Phi) is 5.02. The fourth-order valence-electron chi connectivity index (χ4n) is 2.85. The molecule has 1 fully saturated rings. The summed E-state index contributed by atoms with van der Waals surface area (Å²) in [6, 6.07) is 9.88. The third-order valence-corrected chi connectivity index (χ3v) is 4.09. The number of hydrogen-bond donors (Lipinski definition) is 1. The van der Waals surface area contributed by atoms with Crippen LogP contribution in [0, 0.1) is 0 Å². The normalized spacial score (nSPS) is 19.3. The standard InChI is InChI=1S/C17H22N4O2/c1-2-15-19-20-16(23-15)12-21-10-6-9-18-17(22)14(21)11-13-7-4-3-5-8-13/h3-5,7-8,14H,2,6,9-12H2,1H3,(H,18,22). The molecule has 0 aliphatic carbocycles. The Labute approximate surface area is 135 Å². The monoisotopic (exact) mass is 314 g/mol. The highest BCUT2D eigenvalue weighted by atomic mass is 16.4. The molecule has 1 aromatic heterocycles. The zero-order chi connectivity index (χ0) is 16.1. The van der Waals surface area contributed by atoms with Gasteiger partial charge in [-0.3, -0.25) is 9.69 Å². The Balaban J connectivity index is 1.77. The van der Waals surface area contributed by atoms with Crippen molar-refractivity contribution in [1.82, 2.24) is 20.4 Å². The van der Waals surface area contributed by atoms with Gasteiger partial charge in [-0.05, 0) is 18.4 Å². The molecule has 0 radical (unpaired) electrons. The third kappa shape index (κ3) is 3.96. The first kappa shape index (κ1) is 15.7. The predicted molar refractivity (Wildman–Crippen MR) is 85.6 cm³/mol. The molecule has 1 amide bonds. The highest BCUT2D eigenvalue weighted by Crippen LogP contribution is 2.15. The lowest BCUT2D eigenvalue weighted by Crippen LogP contribution is -2.45. The molecular weight excluding hydrogens is 292 g/mol. The Hall–Kier alpha value is -2.21. The minimum absolute atomic E-state index is 0.0709. The summed E-state index contributed by atoms with van der Waals surface area (Å²) < 4.78 is 5.61. The van der Waals surface area contributed by atoms with E-state index in [0.717, 1.165) is 24.9 Å². The average molecular weight is 314 g/mol. The van der Waals surface area contributed by atoms with E-state index in [0.29, 0.717) is 31.3 Å². The van der Waals surface area contributed by atoms with E-state index in [-0.39, 0.29) is 11.9 Å². The molecule has 2 heterocycles. The van der Waals surface area contributed by atoms with Gasteiger partial charge in [0, 0.05) is 19.5 Å². The lowest BCUT2D eigenvalue weighted by Gasteiger charge is -2.27. The second-order valence-electron chi connectivity index (χ2n) is 5.76. The van der Waals surface area contributed by atoms with Gasteiger partial charge in [-0.25, -0.2) is 0 Å². The lowest BCUT2D eigenvalue weighted by atomic mass is 10.0. The molecule has 1 aliphatic heterocycles. The van der Waals surface area contributed by atoms with Crippen LogP contribution in [-0.4, -0.2) is 40.1 Å². The van der Waals surface area contributed by atoms with Gasteiger partial charge in [0.2, 0.25) is 17.7 Å². The highest BCUT2D eigenvalue weighted by Gasteiger charge is 2.29. The molecular formula is C17H22N4O2. The van der Waals surface area contributed by atoms with Gasteiger partial charge in [0.05, 0.1) is 12.6 Å². The van der Waals surface area contributed by atoms with Crippen molar-refractivity contribution in [3.05, 3.63) is 47.7 Å². The number of carbonyl (C=O) groups is 1. The molecule has 122 valence electrons. The van der Waals surface area contributed by atoms with Crippen LogP contribution in [0.4, 0.5) is 0 Å². The number of rotatable bonds is 5. The Bertz CT molecular complexity index is 641. The number of aromatic nitrogens is 2. The van der Waals surface area contributed by atoms with Gasteiger partial charge in [-0.2, -0.15) is 0 Å². The van der Waals surface area contributed by atoms with Crippen molar-refractivity contribution in [2.45, 2.75) is 38.8 Å². The minimum Gasteiger partial charge on any atom is -0.424 e. The third-order valence-electron chi connectivity index (χ3n) is 4.09. The number of nitrogens with one attached hydrogen (secondary N) is 1. The van der Waals surface area contributed by atoms with Crippen LogP contribution in [0.3, 0.4) is 0 Å². The van der Waals surface area contributed by atoms with Gasteiger partial charge in [0.25, 0.3) is 0 Å². The highest BCUT2D eigenvalue weighted by molar-refractivity contribution is 5.82. The summed E-state index contributed by atoms with van der Waals surface area (Å²) in [6.45, 7) is 4.04. The number of hydrogen-bond acceptors (Lipinski definition) is 5. The van der Waals surface area contributed by atoms with E-state index in [9.17, 15) is 4.79 Å². The summed E-state index contributed by atoms with van der Waals surface area (Å²) in [5.41, 5.74) is 1.15. The van der Waals surface area contributed by atoms with Gasteiger partial charge in [-0.1, -0.05) is 37.3 Å². The van der Waals surface area contributed by atoms with E-state index in [1.807, 2.05) is 25.1 Å². The van der Waals surface area contributed by atoms with Crippen LogP contribution in [0.5, 0.6) is 0 Å². The second kappa shape index (κ2) is 7.37. The van der Waals surface area contributed by atoms with E-state index in [2.05, 4.69) is 32.5 Å². The number of nitrogens with zero attached hydrogens (tertiary/aromatic N) is 3. The maximum Gasteiger partial charge on any atom is 0.237 e. The van der Waals surface area contributed by atoms with Crippen molar-refractivity contribution in [1.29, 1.82) is 0 Å². The molecule has 1 atom stereocenters. The summed E-state index contributed by atoms with van der Waals surface area (Å²) in [5.74, 6) is 1.29. The Morgan fingerprint density at radius 1 is 1.26 bits per heavy atom. The zero-order valence-corrected chi connectivity index (χ0v) is 13.4. The first-order valence-corrected chi connectivity index (χ1v) is 8.13. The SMILES string of the molecule is CCc1nnc(CN2CCCNC(=O)C2Cc2ccccc2)o1. The molecule has 1 aromatic carbocycles. The van der Waals surface area contributed by atoms with Crippen molar-refractivity contribution >= 4 is 5.91 Å². The summed E-state index contributed by atoms with van der Waals surface area (Å²) in [4.78, 5) is 14.6. The smallest absolute Gasteiger partial charge is 0.237 e. The van der Waals surface area contributed by atoms with Crippen molar-refractivity contribution in [3.8, 4) is 0 Å². The van der Waals surface area contributed by atoms with Crippen molar-refractivity contribution in [2.75, 3.05) is 13.1 Å². The van der Waals surface area contributed by atoms with Crippen LogP contribution in [0.15, 0.2) is 34.7 Å². The molecule has 0 spiro atoms. The summed E-state index contributed by atoms with van der Waals surface area (Å²) in [7, 11) is 0. The lowest BCUT2D eigenvalue weighted by molar-refractivity contribution is -0.125. The van der Waals surface area contributed by atoms with E-state index in [1.54, 1.807) is 0 Å². The number of benzene rings is 1. The zero-order valence-electron chi connectivity index (χ0n) is 13.4. The quantitative estimate of drug-likeness (QED) is 0.907. The molecule has 23 heavy (non-hydrogen) atoms. The van der Waals surface area contributed by atoms with Crippen LogP contribution < -0.4 is 5.32 Å². The van der Waals surface area contributed by atoms with Crippen molar-refractivity contribution < 1.29 is 9.21 Å². The first-order chi connectivity index (χ1) is 11.3. The largest absolute Gasteiger partial charge is 0.424 e. The molecule has 6 nitrogen and oxygen atoms in total. The predicted octanol–water partition coefficient (Wildman–Crippen LogP) is 1.57. The van der Waals surface area contributed by atoms with Gasteiger partial charge in [-0.15, -0.1) is 10.2 Å². The number of carbonyl (C=O) groups excluding carboxylic acids is 1. The second-order valence-corrected chi connectivity index (χ2v) is 5.76. The number of amides is 1. The fraction of sp³-hybridized carbons (Fsp3) is 0.471. The van der Waals surface area contributed by atoms with E-state index in [1.165, 1.54) is 0 Å². The van der Waals surface area contributed by atoms with Crippen molar-refractivity contribution in [3.63, 3.8) is 0 Å². The Morgan fingerprint density at radius 2 is 2.04 bits per heavy atom. The maximum atomic E-state index is 12.5. The van der Waals surface area contributed by atoms with Crippen LogP contribution in [0.2, 0.25) is 0 Å². The number of aryl methyl sites for hydroxylation is 1. The van der Waals surface area contributed by atoms with Crippen LogP contribution >= 0.6 is 0 Å². The van der Waals surface area contributed by atoms with Gasteiger partial charge in [0.1, 0.15) is 0 Å². The average Bonchev–Trinajstić information content (AvgIpc) is 2.97. The topological polar surface area (TPSA) is 71.3 Å². The molecule has 2 aromatic rings. The van der Waals surface area contributed by atoms with Crippen LogP contribution in [0.1, 0.15) is 30.7 Å². The maximum absolute atomic E-state index is 12.5. The molecule has 1 aliphatic rings. The molecule has 6 heteroatoms. The van der Waals surface area contributed by atoms with E-state index in [4.69, 9.17) is 4.42 Å². The molecule has 0 saturated carbocycles. The van der Waals surface area contributed by atoms with Crippen LogP contribution in [-0.2, 0) is 24.2 Å². The van der Waals surface area contributed by atoms with E-state index >= 15 is 0 Å².